The number of hydrogen-bond donors (Lipinski definition) is 3. The van der Waals surface area contributed by atoms with Crippen molar-refractivity contribution in [2.45, 2.75) is 18.9 Å². The van der Waals surface area contributed by atoms with E-state index in [1.165, 1.54) is 0 Å². The zero-order chi connectivity index (χ0) is 10.8. The maximum Gasteiger partial charge on any atom is 0.0715 e. The molecular formula is C11H17N3O. The lowest BCUT2D eigenvalue weighted by Crippen LogP contribution is -2.38. The normalized spacial score (nSPS) is 21.7. The molecular weight excluding hydrogens is 190 g/mol. The van der Waals surface area contributed by atoms with Gasteiger partial charge in [0.2, 0.25) is 0 Å². The van der Waals surface area contributed by atoms with Gasteiger partial charge in [-0.25, -0.2) is 0 Å². The van der Waals surface area contributed by atoms with Crippen LogP contribution in [-0.2, 0) is 0 Å². The van der Waals surface area contributed by atoms with Gasteiger partial charge in [0.1, 0.15) is 0 Å². The molecule has 5 N–H and O–H groups in total. The van der Waals surface area contributed by atoms with E-state index in [4.69, 9.17) is 11.5 Å². The Morgan fingerprint density at radius 3 is 2.73 bits per heavy atom. The highest BCUT2D eigenvalue weighted by molar-refractivity contribution is 5.69. The topological polar surface area (TPSA) is 75.5 Å². The summed E-state index contributed by atoms with van der Waals surface area (Å²) in [5.41, 5.74) is 13.7. The first-order valence-electron chi connectivity index (χ1n) is 5.25. The van der Waals surface area contributed by atoms with Gasteiger partial charge >= 0.3 is 0 Å². The molecule has 0 aliphatic carbocycles. The number of β-amino-alcohol motifs (C(OH)–C–C–N with tert-alkyl or cyclic N) is 1. The molecule has 1 aromatic carbocycles. The van der Waals surface area contributed by atoms with Crippen LogP contribution in [0.25, 0.3) is 0 Å². The zero-order valence-corrected chi connectivity index (χ0v) is 8.69. The van der Waals surface area contributed by atoms with Crippen LogP contribution in [0.5, 0.6) is 0 Å². The molecule has 4 heteroatoms. The number of anilines is 3. The van der Waals surface area contributed by atoms with E-state index >= 15 is 0 Å². The van der Waals surface area contributed by atoms with E-state index in [9.17, 15) is 5.11 Å². The van der Waals surface area contributed by atoms with Crippen molar-refractivity contribution in [1.82, 2.24) is 0 Å². The van der Waals surface area contributed by atoms with E-state index < -0.39 is 0 Å². The summed E-state index contributed by atoms with van der Waals surface area (Å²) in [6, 6.07) is 5.63. The Labute approximate surface area is 89.5 Å². The van der Waals surface area contributed by atoms with Crippen LogP contribution in [0.4, 0.5) is 17.1 Å². The largest absolute Gasteiger partial charge is 0.397 e. The van der Waals surface area contributed by atoms with E-state index in [-0.39, 0.29) is 6.10 Å². The number of piperidine rings is 1. The van der Waals surface area contributed by atoms with Crippen LogP contribution in [0.3, 0.4) is 0 Å². The summed E-state index contributed by atoms with van der Waals surface area (Å²) in [7, 11) is 0. The van der Waals surface area contributed by atoms with Crippen molar-refractivity contribution >= 4 is 17.1 Å². The standard InChI is InChI=1S/C11H17N3O/c12-10-4-3-8(6-11(10)13)14-5-1-2-9(15)7-14/h3-4,6,9,15H,1-2,5,7,12-13H2. The molecule has 1 aliphatic heterocycles. The molecule has 1 aromatic rings. The Bertz CT molecular complexity index is 354. The second-order valence-corrected chi connectivity index (χ2v) is 4.06. The van der Waals surface area contributed by atoms with Gasteiger partial charge in [0.05, 0.1) is 17.5 Å². The predicted molar refractivity (Wildman–Crippen MR) is 62.7 cm³/mol. The highest BCUT2D eigenvalue weighted by atomic mass is 16.3. The maximum atomic E-state index is 9.57. The molecule has 0 spiro atoms. The summed E-state index contributed by atoms with van der Waals surface area (Å²) in [4.78, 5) is 2.14. The minimum atomic E-state index is -0.225. The van der Waals surface area contributed by atoms with Crippen LogP contribution in [0, 0.1) is 0 Å². The molecule has 1 atom stereocenters. The minimum absolute atomic E-state index is 0.225. The molecule has 2 rings (SSSR count). The van der Waals surface area contributed by atoms with Gasteiger partial charge in [-0.2, -0.15) is 0 Å². The molecule has 0 radical (unpaired) electrons. The lowest BCUT2D eigenvalue weighted by Gasteiger charge is -2.32. The lowest BCUT2D eigenvalue weighted by atomic mass is 10.1. The lowest BCUT2D eigenvalue weighted by molar-refractivity contribution is 0.154. The van der Waals surface area contributed by atoms with Gasteiger partial charge in [-0.1, -0.05) is 0 Å². The van der Waals surface area contributed by atoms with Gasteiger partial charge in [-0.15, -0.1) is 0 Å². The van der Waals surface area contributed by atoms with Crippen molar-refractivity contribution in [3.8, 4) is 0 Å². The van der Waals surface area contributed by atoms with Gasteiger partial charge < -0.3 is 21.5 Å². The van der Waals surface area contributed by atoms with Gasteiger partial charge in [0.25, 0.3) is 0 Å². The summed E-state index contributed by atoms with van der Waals surface area (Å²) in [5.74, 6) is 0. The number of rotatable bonds is 1. The fourth-order valence-electron chi connectivity index (χ4n) is 1.95. The molecule has 4 nitrogen and oxygen atoms in total. The van der Waals surface area contributed by atoms with Gasteiger partial charge in [0.15, 0.2) is 0 Å². The summed E-state index contributed by atoms with van der Waals surface area (Å²) >= 11 is 0. The van der Waals surface area contributed by atoms with E-state index in [0.29, 0.717) is 17.9 Å². The van der Waals surface area contributed by atoms with Gasteiger partial charge in [-0.05, 0) is 31.0 Å². The first kappa shape index (κ1) is 10.1. The van der Waals surface area contributed by atoms with Crippen molar-refractivity contribution in [2.75, 3.05) is 29.5 Å². The Morgan fingerprint density at radius 2 is 2.07 bits per heavy atom. The highest BCUT2D eigenvalue weighted by Gasteiger charge is 2.18. The van der Waals surface area contributed by atoms with E-state index in [1.54, 1.807) is 0 Å². The van der Waals surface area contributed by atoms with E-state index in [0.717, 1.165) is 25.1 Å². The second-order valence-electron chi connectivity index (χ2n) is 4.06. The smallest absolute Gasteiger partial charge is 0.0715 e. The first-order valence-corrected chi connectivity index (χ1v) is 5.25. The molecule has 15 heavy (non-hydrogen) atoms. The first-order chi connectivity index (χ1) is 7.16. The number of hydrogen-bond acceptors (Lipinski definition) is 4. The second kappa shape index (κ2) is 3.98. The number of nitrogen functional groups attached to an aromatic ring is 2. The average molecular weight is 207 g/mol. The van der Waals surface area contributed by atoms with Crippen molar-refractivity contribution in [3.63, 3.8) is 0 Å². The fourth-order valence-corrected chi connectivity index (χ4v) is 1.95. The Morgan fingerprint density at radius 1 is 1.27 bits per heavy atom. The molecule has 0 bridgehead atoms. The quantitative estimate of drug-likeness (QED) is 0.596. The molecule has 0 amide bonds. The van der Waals surface area contributed by atoms with Crippen LogP contribution < -0.4 is 16.4 Å². The highest BCUT2D eigenvalue weighted by Crippen LogP contribution is 2.25. The van der Waals surface area contributed by atoms with E-state index in [2.05, 4.69) is 4.90 Å². The zero-order valence-electron chi connectivity index (χ0n) is 8.69. The van der Waals surface area contributed by atoms with Crippen LogP contribution in [-0.4, -0.2) is 24.3 Å². The molecule has 1 aliphatic rings. The molecule has 0 aromatic heterocycles. The number of aliphatic hydroxyl groups excluding tert-OH is 1. The predicted octanol–water partition coefficient (Wildman–Crippen LogP) is 0.812. The summed E-state index contributed by atoms with van der Waals surface area (Å²) in [6.45, 7) is 1.66. The molecule has 82 valence electrons. The number of benzene rings is 1. The number of nitrogens with zero attached hydrogens (tertiary/aromatic N) is 1. The third kappa shape index (κ3) is 2.15. The van der Waals surface area contributed by atoms with Crippen molar-refractivity contribution in [1.29, 1.82) is 0 Å². The van der Waals surface area contributed by atoms with E-state index in [1.807, 2.05) is 18.2 Å². The minimum Gasteiger partial charge on any atom is -0.397 e. The monoisotopic (exact) mass is 207 g/mol. The molecule has 1 fully saturated rings. The third-order valence-electron chi connectivity index (χ3n) is 2.83. The Hall–Kier alpha value is -1.42. The van der Waals surface area contributed by atoms with Crippen molar-refractivity contribution in [2.24, 2.45) is 0 Å². The SMILES string of the molecule is Nc1ccc(N2CCCC(O)C2)cc1N. The Kier molecular flexibility index (Phi) is 2.68. The van der Waals surface area contributed by atoms with Crippen LogP contribution in [0.1, 0.15) is 12.8 Å². The van der Waals surface area contributed by atoms with Crippen LogP contribution >= 0.6 is 0 Å². The summed E-state index contributed by atoms with van der Waals surface area (Å²) in [6.07, 6.45) is 1.68. The van der Waals surface area contributed by atoms with Crippen molar-refractivity contribution in [3.05, 3.63) is 18.2 Å². The maximum absolute atomic E-state index is 9.57. The molecule has 1 heterocycles. The van der Waals surface area contributed by atoms with Crippen LogP contribution in [0.15, 0.2) is 18.2 Å². The van der Waals surface area contributed by atoms with Gasteiger partial charge in [0, 0.05) is 18.8 Å². The number of nitrogens with two attached hydrogens (primary N) is 2. The molecule has 0 saturated carbocycles. The van der Waals surface area contributed by atoms with Gasteiger partial charge in [-0.3, -0.25) is 0 Å². The molecule has 1 unspecified atom stereocenters. The summed E-state index contributed by atoms with van der Waals surface area (Å²) < 4.78 is 0. The van der Waals surface area contributed by atoms with Crippen molar-refractivity contribution < 1.29 is 5.11 Å². The molecule has 1 saturated heterocycles. The summed E-state index contributed by atoms with van der Waals surface area (Å²) in [5, 5.41) is 9.57. The Balaban J connectivity index is 2.18. The van der Waals surface area contributed by atoms with Crippen LogP contribution in [0.2, 0.25) is 0 Å². The average Bonchev–Trinajstić information content (AvgIpc) is 2.22. The number of aliphatic hydroxyl groups is 1. The fraction of sp³-hybridized carbons (Fsp3) is 0.455. The third-order valence-corrected chi connectivity index (χ3v) is 2.83.